The van der Waals surface area contributed by atoms with Crippen molar-refractivity contribution in [2.75, 3.05) is 6.61 Å². The maximum absolute atomic E-state index is 12.5. The second kappa shape index (κ2) is 7.47. The Kier molecular flexibility index (Phi) is 5.61. The summed E-state index contributed by atoms with van der Waals surface area (Å²) in [6.07, 6.45) is 1.45. The third kappa shape index (κ3) is 3.64. The maximum Gasteiger partial charge on any atom is 0.343 e. The summed E-state index contributed by atoms with van der Waals surface area (Å²) in [5.41, 5.74) is 2.15. The predicted molar refractivity (Wildman–Crippen MR) is 92.1 cm³/mol. The van der Waals surface area contributed by atoms with E-state index in [2.05, 4.69) is 0 Å². The van der Waals surface area contributed by atoms with Crippen molar-refractivity contribution in [2.24, 2.45) is 7.05 Å². The second-order valence-electron chi connectivity index (χ2n) is 5.25. The fraction of sp³-hybridized carbons (Fsp3) is 0.333. The number of benzene rings is 1. The van der Waals surface area contributed by atoms with Gasteiger partial charge >= 0.3 is 5.97 Å². The normalized spacial score (nSPS) is 10.6. The first-order valence-corrected chi connectivity index (χ1v) is 8.03. The highest BCUT2D eigenvalue weighted by Gasteiger charge is 2.20. The summed E-state index contributed by atoms with van der Waals surface area (Å²) in [5, 5.41) is 0.635. The van der Waals surface area contributed by atoms with Crippen LogP contribution in [0.3, 0.4) is 0 Å². The van der Waals surface area contributed by atoms with Gasteiger partial charge in [0.2, 0.25) is 0 Å². The molecule has 1 aromatic carbocycles. The van der Waals surface area contributed by atoms with E-state index in [0.717, 1.165) is 17.7 Å². The Morgan fingerprint density at radius 3 is 2.43 bits per heavy atom. The minimum Gasteiger partial charge on any atom is -0.462 e. The molecule has 0 aliphatic rings. The third-order valence-corrected chi connectivity index (χ3v) is 3.93. The molecule has 1 aromatic heterocycles. The van der Waals surface area contributed by atoms with E-state index in [0.29, 0.717) is 17.1 Å². The number of rotatable bonds is 5. The van der Waals surface area contributed by atoms with Gasteiger partial charge < -0.3 is 9.30 Å². The molecular formula is C18H20ClNO3. The molecule has 0 bridgehead atoms. The molecule has 0 aliphatic carbocycles. The molecule has 2 aromatic rings. The zero-order valence-electron chi connectivity index (χ0n) is 13.6. The lowest BCUT2D eigenvalue weighted by Gasteiger charge is -2.17. The zero-order chi connectivity index (χ0) is 17.0. The number of halogens is 1. The SMILES string of the molecule is CCCc1c(C(=O)OCC)c(=O)cc(-c2ccc(Cl)cc2)n1C. The van der Waals surface area contributed by atoms with E-state index in [1.54, 1.807) is 19.1 Å². The third-order valence-electron chi connectivity index (χ3n) is 3.68. The molecule has 1 heterocycles. The van der Waals surface area contributed by atoms with Crippen LogP contribution in [-0.2, 0) is 18.2 Å². The minimum atomic E-state index is -0.556. The number of pyridine rings is 1. The van der Waals surface area contributed by atoms with Gasteiger partial charge in [-0.1, -0.05) is 37.1 Å². The molecule has 4 nitrogen and oxygen atoms in total. The van der Waals surface area contributed by atoms with Crippen LogP contribution in [0.4, 0.5) is 0 Å². The molecule has 0 saturated carbocycles. The number of esters is 1. The van der Waals surface area contributed by atoms with Gasteiger partial charge in [-0.15, -0.1) is 0 Å². The number of nitrogens with zero attached hydrogens (tertiary/aromatic N) is 1. The van der Waals surface area contributed by atoms with Crippen molar-refractivity contribution in [3.05, 3.63) is 56.8 Å². The highest BCUT2D eigenvalue weighted by molar-refractivity contribution is 6.30. The van der Waals surface area contributed by atoms with Crippen LogP contribution in [0.2, 0.25) is 5.02 Å². The average Bonchev–Trinajstić information content (AvgIpc) is 2.52. The van der Waals surface area contributed by atoms with Gasteiger partial charge in [0.15, 0.2) is 5.43 Å². The Balaban J connectivity index is 2.66. The summed E-state index contributed by atoms with van der Waals surface area (Å²) in [5.74, 6) is -0.556. The summed E-state index contributed by atoms with van der Waals surface area (Å²) in [6.45, 7) is 3.98. The van der Waals surface area contributed by atoms with Gasteiger partial charge in [0, 0.05) is 23.8 Å². The fourth-order valence-corrected chi connectivity index (χ4v) is 2.72. The molecule has 122 valence electrons. The molecule has 0 saturated heterocycles. The Morgan fingerprint density at radius 2 is 1.87 bits per heavy atom. The quantitative estimate of drug-likeness (QED) is 0.781. The Morgan fingerprint density at radius 1 is 1.22 bits per heavy atom. The van der Waals surface area contributed by atoms with E-state index in [1.165, 1.54) is 6.07 Å². The molecule has 0 aliphatic heterocycles. The molecular weight excluding hydrogens is 314 g/mol. The lowest BCUT2D eigenvalue weighted by atomic mass is 10.0. The first-order valence-electron chi connectivity index (χ1n) is 7.65. The molecule has 0 unspecified atom stereocenters. The van der Waals surface area contributed by atoms with Gasteiger partial charge in [-0.3, -0.25) is 4.79 Å². The minimum absolute atomic E-state index is 0.133. The van der Waals surface area contributed by atoms with Crippen LogP contribution < -0.4 is 5.43 Å². The molecule has 0 radical (unpaired) electrons. The Hall–Kier alpha value is -2.07. The lowest BCUT2D eigenvalue weighted by Crippen LogP contribution is -2.24. The number of hydrogen-bond donors (Lipinski definition) is 0. The Labute approximate surface area is 140 Å². The number of hydrogen-bond acceptors (Lipinski definition) is 3. The largest absolute Gasteiger partial charge is 0.462 e. The van der Waals surface area contributed by atoms with E-state index < -0.39 is 5.97 Å². The number of carbonyl (C=O) groups excluding carboxylic acids is 1. The highest BCUT2D eigenvalue weighted by atomic mass is 35.5. The monoisotopic (exact) mass is 333 g/mol. The van der Waals surface area contributed by atoms with E-state index >= 15 is 0 Å². The van der Waals surface area contributed by atoms with Crippen LogP contribution in [0.5, 0.6) is 0 Å². The van der Waals surface area contributed by atoms with Gasteiger partial charge in [0.25, 0.3) is 0 Å². The summed E-state index contributed by atoms with van der Waals surface area (Å²) in [7, 11) is 1.86. The molecule has 0 spiro atoms. The van der Waals surface area contributed by atoms with Crippen molar-refractivity contribution in [3.63, 3.8) is 0 Å². The standard InChI is InChI=1S/C18H20ClNO3/c1-4-6-14-17(18(22)23-5-2)16(21)11-15(20(14)3)12-7-9-13(19)10-8-12/h7-11H,4-6H2,1-3H3. The molecule has 0 amide bonds. The number of aromatic nitrogens is 1. The van der Waals surface area contributed by atoms with Gasteiger partial charge in [0.1, 0.15) is 5.56 Å². The van der Waals surface area contributed by atoms with Crippen molar-refractivity contribution >= 4 is 17.6 Å². The van der Waals surface area contributed by atoms with E-state index in [9.17, 15) is 9.59 Å². The van der Waals surface area contributed by atoms with Gasteiger partial charge in [-0.05, 0) is 31.0 Å². The number of ether oxygens (including phenoxy) is 1. The van der Waals surface area contributed by atoms with Crippen LogP contribution in [0.1, 0.15) is 36.3 Å². The predicted octanol–water partition coefficient (Wildman–Crippen LogP) is 3.83. The van der Waals surface area contributed by atoms with E-state index in [1.807, 2.05) is 30.7 Å². The summed E-state index contributed by atoms with van der Waals surface area (Å²) >= 11 is 5.92. The summed E-state index contributed by atoms with van der Waals surface area (Å²) < 4.78 is 6.93. The van der Waals surface area contributed by atoms with Crippen LogP contribution in [0.25, 0.3) is 11.3 Å². The maximum atomic E-state index is 12.5. The van der Waals surface area contributed by atoms with Crippen LogP contribution in [-0.4, -0.2) is 17.1 Å². The first kappa shape index (κ1) is 17.3. The molecule has 0 N–H and O–H groups in total. The van der Waals surface area contributed by atoms with Crippen molar-refractivity contribution in [1.82, 2.24) is 4.57 Å². The smallest absolute Gasteiger partial charge is 0.343 e. The van der Waals surface area contributed by atoms with Crippen LogP contribution in [0.15, 0.2) is 35.1 Å². The molecule has 0 atom stereocenters. The van der Waals surface area contributed by atoms with Crippen molar-refractivity contribution < 1.29 is 9.53 Å². The van der Waals surface area contributed by atoms with Crippen molar-refractivity contribution in [3.8, 4) is 11.3 Å². The average molecular weight is 334 g/mol. The van der Waals surface area contributed by atoms with Gasteiger partial charge in [-0.25, -0.2) is 4.79 Å². The topological polar surface area (TPSA) is 48.3 Å². The lowest BCUT2D eigenvalue weighted by molar-refractivity contribution is 0.0522. The fourth-order valence-electron chi connectivity index (χ4n) is 2.60. The molecule has 0 fully saturated rings. The van der Waals surface area contributed by atoms with Gasteiger partial charge in [0.05, 0.1) is 12.3 Å². The number of carbonyl (C=O) groups is 1. The van der Waals surface area contributed by atoms with Gasteiger partial charge in [-0.2, -0.15) is 0 Å². The Bertz CT molecular complexity index is 763. The molecule has 2 rings (SSSR count). The molecule has 23 heavy (non-hydrogen) atoms. The van der Waals surface area contributed by atoms with Crippen molar-refractivity contribution in [2.45, 2.75) is 26.7 Å². The zero-order valence-corrected chi connectivity index (χ0v) is 14.3. The van der Waals surface area contributed by atoms with E-state index in [-0.39, 0.29) is 17.6 Å². The highest BCUT2D eigenvalue weighted by Crippen LogP contribution is 2.23. The first-order chi connectivity index (χ1) is 11.0. The second-order valence-corrected chi connectivity index (χ2v) is 5.69. The summed E-state index contributed by atoms with van der Waals surface area (Å²) in [6, 6.07) is 8.75. The summed E-state index contributed by atoms with van der Waals surface area (Å²) in [4.78, 5) is 24.7. The van der Waals surface area contributed by atoms with E-state index in [4.69, 9.17) is 16.3 Å². The van der Waals surface area contributed by atoms with Crippen LogP contribution >= 0.6 is 11.6 Å². The van der Waals surface area contributed by atoms with Crippen LogP contribution in [0, 0.1) is 0 Å². The van der Waals surface area contributed by atoms with Crippen molar-refractivity contribution in [1.29, 1.82) is 0 Å². The molecule has 5 heteroatoms.